The Balaban J connectivity index is 2.16. The molecule has 1 aliphatic rings. The number of hydrogen-bond acceptors (Lipinski definition) is 4. The summed E-state index contributed by atoms with van der Waals surface area (Å²) in [5.74, 6) is 0.137. The lowest BCUT2D eigenvalue weighted by Crippen LogP contribution is -2.49. The first kappa shape index (κ1) is 16.6. The third kappa shape index (κ3) is 2.60. The molecular formula is C18H17BrN2O3. The van der Waals surface area contributed by atoms with Crippen molar-refractivity contribution in [2.75, 3.05) is 12.0 Å². The van der Waals surface area contributed by atoms with Crippen LogP contribution in [0.2, 0.25) is 0 Å². The van der Waals surface area contributed by atoms with Gasteiger partial charge in [-0.25, -0.2) is 0 Å². The number of anilines is 1. The number of ether oxygens (including phenoxy) is 1. The molecule has 6 heteroatoms. The molecule has 1 amide bonds. The summed E-state index contributed by atoms with van der Waals surface area (Å²) in [7, 11) is 1.55. The molecule has 3 rings (SSSR count). The van der Waals surface area contributed by atoms with Crippen LogP contribution in [0.3, 0.4) is 0 Å². The van der Waals surface area contributed by atoms with Crippen molar-refractivity contribution in [1.29, 1.82) is 0 Å². The topological polar surface area (TPSA) is 59.5 Å². The zero-order chi connectivity index (χ0) is 17.5. The monoisotopic (exact) mass is 388 g/mol. The number of amides is 1. The number of benzene rings is 1. The van der Waals surface area contributed by atoms with Crippen LogP contribution >= 0.6 is 15.9 Å². The van der Waals surface area contributed by atoms with E-state index in [2.05, 4.69) is 20.9 Å². The summed E-state index contributed by atoms with van der Waals surface area (Å²) in [6, 6.07) is 8.98. The predicted molar refractivity (Wildman–Crippen MR) is 94.2 cm³/mol. The second kappa shape index (κ2) is 6.02. The molecule has 0 bridgehead atoms. The first-order chi connectivity index (χ1) is 11.4. The normalized spacial score (nSPS) is 16.1. The number of pyridine rings is 1. The number of carbonyl (C=O) groups is 2. The number of carbonyl (C=O) groups excluding carboxylic acids is 2. The highest BCUT2D eigenvalue weighted by molar-refractivity contribution is 9.10. The van der Waals surface area contributed by atoms with Gasteiger partial charge in [-0.2, -0.15) is 0 Å². The Kier molecular flexibility index (Phi) is 4.17. The van der Waals surface area contributed by atoms with Crippen LogP contribution in [0.5, 0.6) is 5.75 Å². The highest BCUT2D eigenvalue weighted by Crippen LogP contribution is 2.42. The van der Waals surface area contributed by atoms with Gasteiger partial charge in [-0.1, -0.05) is 6.07 Å². The molecule has 1 aromatic heterocycles. The second-order valence-corrected chi connectivity index (χ2v) is 7.02. The molecule has 0 spiro atoms. The lowest BCUT2D eigenvalue weighted by molar-refractivity contribution is -0.124. The highest BCUT2D eigenvalue weighted by Gasteiger charge is 2.46. The maximum atomic E-state index is 12.9. The molecule has 2 heterocycles. The van der Waals surface area contributed by atoms with E-state index in [1.165, 1.54) is 0 Å². The van der Waals surface area contributed by atoms with E-state index < -0.39 is 5.41 Å². The third-order valence-corrected chi connectivity index (χ3v) is 4.82. The summed E-state index contributed by atoms with van der Waals surface area (Å²) in [5, 5.41) is 0. The molecule has 0 aliphatic carbocycles. The van der Waals surface area contributed by atoms with Gasteiger partial charge in [0, 0.05) is 17.8 Å². The van der Waals surface area contributed by atoms with Gasteiger partial charge in [0.2, 0.25) is 5.91 Å². The van der Waals surface area contributed by atoms with Gasteiger partial charge in [0.05, 0.1) is 29.5 Å². The SMILES string of the molecule is COc1cc2c(cc1Br)C(=O)C(C)(C)C(=O)N2Cc1ccccn1. The smallest absolute Gasteiger partial charge is 0.240 e. The Morgan fingerprint density at radius 2 is 2.00 bits per heavy atom. The third-order valence-electron chi connectivity index (χ3n) is 4.20. The van der Waals surface area contributed by atoms with E-state index in [0.29, 0.717) is 28.0 Å². The Bertz CT molecular complexity index is 819. The molecule has 0 N–H and O–H groups in total. The van der Waals surface area contributed by atoms with Crippen LogP contribution in [0.15, 0.2) is 41.0 Å². The summed E-state index contributed by atoms with van der Waals surface area (Å²) in [5.41, 5.74) is 0.692. The maximum Gasteiger partial charge on any atom is 0.240 e. The lowest BCUT2D eigenvalue weighted by atomic mass is 9.78. The largest absolute Gasteiger partial charge is 0.495 e. The Morgan fingerprint density at radius 3 is 2.62 bits per heavy atom. The molecule has 0 saturated carbocycles. The minimum atomic E-state index is -1.12. The Hall–Kier alpha value is -2.21. The fourth-order valence-corrected chi connectivity index (χ4v) is 3.30. The van der Waals surface area contributed by atoms with E-state index in [0.717, 1.165) is 5.69 Å². The molecular weight excluding hydrogens is 372 g/mol. The van der Waals surface area contributed by atoms with Crippen LogP contribution in [0, 0.1) is 5.41 Å². The number of fused-ring (bicyclic) bond motifs is 1. The molecule has 0 radical (unpaired) electrons. The first-order valence-corrected chi connectivity index (χ1v) is 8.29. The van der Waals surface area contributed by atoms with E-state index in [1.54, 1.807) is 44.2 Å². The van der Waals surface area contributed by atoms with Crippen molar-refractivity contribution in [3.8, 4) is 5.75 Å². The number of halogens is 1. The molecule has 0 fully saturated rings. The number of ketones is 1. The zero-order valence-electron chi connectivity index (χ0n) is 13.7. The Labute approximate surface area is 148 Å². The number of hydrogen-bond donors (Lipinski definition) is 0. The molecule has 1 aromatic carbocycles. The van der Waals surface area contributed by atoms with E-state index in [-0.39, 0.29) is 11.7 Å². The number of rotatable bonds is 3. The second-order valence-electron chi connectivity index (χ2n) is 6.17. The van der Waals surface area contributed by atoms with Crippen molar-refractivity contribution >= 4 is 33.3 Å². The number of methoxy groups -OCH3 is 1. The molecule has 24 heavy (non-hydrogen) atoms. The van der Waals surface area contributed by atoms with Crippen molar-refractivity contribution in [3.05, 3.63) is 52.3 Å². The van der Waals surface area contributed by atoms with Gasteiger partial charge in [0.1, 0.15) is 11.2 Å². The molecule has 0 unspecified atom stereocenters. The minimum Gasteiger partial charge on any atom is -0.495 e. The fraction of sp³-hybridized carbons (Fsp3) is 0.278. The van der Waals surface area contributed by atoms with Crippen LogP contribution in [0.25, 0.3) is 0 Å². The standard InChI is InChI=1S/C18H17BrN2O3/c1-18(2)16(22)12-8-13(19)15(24-3)9-14(12)21(17(18)23)10-11-6-4-5-7-20-11/h4-9H,10H2,1-3H3. The average Bonchev–Trinajstić information content (AvgIpc) is 2.58. The van der Waals surface area contributed by atoms with Crippen LogP contribution in [-0.2, 0) is 11.3 Å². The Morgan fingerprint density at radius 1 is 1.25 bits per heavy atom. The molecule has 124 valence electrons. The minimum absolute atomic E-state index is 0.192. The van der Waals surface area contributed by atoms with E-state index >= 15 is 0 Å². The quantitative estimate of drug-likeness (QED) is 0.753. The van der Waals surface area contributed by atoms with Gasteiger partial charge in [-0.3, -0.25) is 14.6 Å². The highest BCUT2D eigenvalue weighted by atomic mass is 79.9. The van der Waals surface area contributed by atoms with Gasteiger partial charge in [-0.05, 0) is 48.0 Å². The maximum absolute atomic E-state index is 12.9. The number of Topliss-reactive ketones (excluding diaryl/α,β-unsaturated/α-hetero) is 1. The van der Waals surface area contributed by atoms with E-state index in [1.807, 2.05) is 18.2 Å². The van der Waals surface area contributed by atoms with Crippen LogP contribution in [0.4, 0.5) is 5.69 Å². The summed E-state index contributed by atoms with van der Waals surface area (Å²) in [4.78, 5) is 31.6. The van der Waals surface area contributed by atoms with Crippen molar-refractivity contribution in [2.45, 2.75) is 20.4 Å². The predicted octanol–water partition coefficient (Wildman–Crippen LogP) is 3.61. The van der Waals surface area contributed by atoms with Gasteiger partial charge in [-0.15, -0.1) is 0 Å². The van der Waals surface area contributed by atoms with Gasteiger partial charge in [0.25, 0.3) is 0 Å². The summed E-state index contributed by atoms with van der Waals surface area (Å²) in [6.07, 6.45) is 1.68. The van der Waals surface area contributed by atoms with Crippen LogP contribution in [-0.4, -0.2) is 23.8 Å². The summed E-state index contributed by atoms with van der Waals surface area (Å²) < 4.78 is 6.00. The summed E-state index contributed by atoms with van der Waals surface area (Å²) in [6.45, 7) is 3.61. The molecule has 0 atom stereocenters. The van der Waals surface area contributed by atoms with E-state index in [9.17, 15) is 9.59 Å². The van der Waals surface area contributed by atoms with Gasteiger partial charge >= 0.3 is 0 Å². The number of aromatic nitrogens is 1. The van der Waals surface area contributed by atoms with Crippen molar-refractivity contribution in [2.24, 2.45) is 5.41 Å². The molecule has 5 nitrogen and oxygen atoms in total. The van der Waals surface area contributed by atoms with Crippen LogP contribution in [0.1, 0.15) is 29.9 Å². The summed E-state index contributed by atoms with van der Waals surface area (Å²) >= 11 is 3.41. The van der Waals surface area contributed by atoms with Crippen molar-refractivity contribution in [3.63, 3.8) is 0 Å². The average molecular weight is 389 g/mol. The number of nitrogens with zero attached hydrogens (tertiary/aromatic N) is 2. The fourth-order valence-electron chi connectivity index (χ4n) is 2.80. The lowest BCUT2D eigenvalue weighted by Gasteiger charge is -2.37. The molecule has 0 saturated heterocycles. The van der Waals surface area contributed by atoms with E-state index in [4.69, 9.17) is 4.74 Å². The van der Waals surface area contributed by atoms with Gasteiger partial charge < -0.3 is 9.64 Å². The van der Waals surface area contributed by atoms with Crippen LogP contribution < -0.4 is 9.64 Å². The molecule has 1 aliphatic heterocycles. The zero-order valence-corrected chi connectivity index (χ0v) is 15.3. The van der Waals surface area contributed by atoms with Crippen molar-refractivity contribution in [1.82, 2.24) is 4.98 Å². The first-order valence-electron chi connectivity index (χ1n) is 7.50. The molecule has 2 aromatic rings. The van der Waals surface area contributed by atoms with Gasteiger partial charge in [0.15, 0.2) is 5.78 Å². The van der Waals surface area contributed by atoms with Crippen molar-refractivity contribution < 1.29 is 14.3 Å².